The van der Waals surface area contributed by atoms with Crippen LogP contribution in [0.2, 0.25) is 5.02 Å². The maximum Gasteiger partial charge on any atom is 0.146 e. The predicted molar refractivity (Wildman–Crippen MR) is 74.4 cm³/mol. The number of halogens is 2. The van der Waals surface area contributed by atoms with Gasteiger partial charge in [0.15, 0.2) is 0 Å². The molecule has 3 aromatic rings. The summed E-state index contributed by atoms with van der Waals surface area (Å²) < 4.78 is 13.8. The van der Waals surface area contributed by atoms with Crippen LogP contribution in [-0.4, -0.2) is 9.97 Å². The lowest BCUT2D eigenvalue weighted by Gasteiger charge is -2.09. The topological polar surface area (TPSA) is 51.8 Å². The minimum Gasteiger partial charge on any atom is -0.382 e. The Hall–Kier alpha value is -2.20. The third kappa shape index (κ3) is 1.90. The van der Waals surface area contributed by atoms with Crippen molar-refractivity contribution in [1.82, 2.24) is 9.97 Å². The average molecular weight is 274 g/mol. The fourth-order valence-corrected chi connectivity index (χ4v) is 2.24. The van der Waals surface area contributed by atoms with Gasteiger partial charge in [-0.15, -0.1) is 0 Å². The van der Waals surface area contributed by atoms with E-state index in [1.807, 2.05) is 12.1 Å². The molecule has 0 radical (unpaired) electrons. The van der Waals surface area contributed by atoms with E-state index in [1.54, 1.807) is 18.2 Å². The van der Waals surface area contributed by atoms with Crippen LogP contribution in [0.3, 0.4) is 0 Å². The molecule has 0 saturated carbocycles. The van der Waals surface area contributed by atoms with Gasteiger partial charge in [-0.25, -0.2) is 14.4 Å². The molecule has 0 unspecified atom stereocenters. The Balaban J connectivity index is 2.38. The van der Waals surface area contributed by atoms with Gasteiger partial charge in [0.1, 0.15) is 23.0 Å². The van der Waals surface area contributed by atoms with Crippen molar-refractivity contribution >= 4 is 28.2 Å². The number of anilines is 1. The lowest BCUT2D eigenvalue weighted by molar-refractivity contribution is 0.640. The average Bonchev–Trinajstić information content (AvgIpc) is 2.43. The monoisotopic (exact) mass is 273 g/mol. The number of aromatic nitrogens is 2. The van der Waals surface area contributed by atoms with Gasteiger partial charge in [0.2, 0.25) is 0 Å². The van der Waals surface area contributed by atoms with Crippen LogP contribution in [0.25, 0.3) is 22.0 Å². The molecule has 0 amide bonds. The molecule has 3 rings (SSSR count). The molecular weight excluding hydrogens is 265 g/mol. The summed E-state index contributed by atoms with van der Waals surface area (Å²) in [6, 6.07) is 10.2. The summed E-state index contributed by atoms with van der Waals surface area (Å²) in [5.74, 6) is -0.0717. The van der Waals surface area contributed by atoms with Gasteiger partial charge >= 0.3 is 0 Å². The summed E-state index contributed by atoms with van der Waals surface area (Å²) in [6.45, 7) is 0. The van der Waals surface area contributed by atoms with E-state index < -0.39 is 0 Å². The summed E-state index contributed by atoms with van der Waals surface area (Å²) in [6.07, 6.45) is 1.34. The highest BCUT2D eigenvalue weighted by molar-refractivity contribution is 6.35. The van der Waals surface area contributed by atoms with E-state index >= 15 is 0 Å². The summed E-state index contributed by atoms with van der Waals surface area (Å²) in [4.78, 5) is 7.97. The number of nitrogens with zero attached hydrogens (tertiary/aromatic N) is 2. The molecule has 0 aliphatic heterocycles. The second-order valence-corrected chi connectivity index (χ2v) is 4.44. The fourth-order valence-electron chi connectivity index (χ4n) is 2.04. The number of benzene rings is 2. The first-order valence-corrected chi connectivity index (χ1v) is 6.00. The number of nitrogens with two attached hydrogens (primary N) is 1. The van der Waals surface area contributed by atoms with E-state index in [-0.39, 0.29) is 16.7 Å². The van der Waals surface area contributed by atoms with Gasteiger partial charge in [-0.2, -0.15) is 0 Å². The number of nitrogen functional groups attached to an aromatic ring is 1. The Labute approximate surface area is 113 Å². The Morgan fingerprint density at radius 1 is 1.00 bits per heavy atom. The molecule has 5 heteroatoms. The van der Waals surface area contributed by atoms with Crippen LogP contribution < -0.4 is 5.73 Å². The van der Waals surface area contributed by atoms with E-state index in [4.69, 9.17) is 17.3 Å². The summed E-state index contributed by atoms with van der Waals surface area (Å²) in [5, 5.41) is 1.54. The number of fused-ring (bicyclic) bond motifs is 1. The molecule has 0 bridgehead atoms. The molecule has 0 atom stereocenters. The molecule has 2 N–H and O–H groups in total. The zero-order valence-electron chi connectivity index (χ0n) is 9.77. The highest BCUT2D eigenvalue weighted by atomic mass is 35.5. The van der Waals surface area contributed by atoms with Gasteiger partial charge in [0, 0.05) is 10.9 Å². The summed E-state index contributed by atoms with van der Waals surface area (Å²) >= 11 is 6.12. The largest absolute Gasteiger partial charge is 0.382 e. The van der Waals surface area contributed by atoms with E-state index in [9.17, 15) is 4.39 Å². The molecule has 0 spiro atoms. The van der Waals surface area contributed by atoms with Crippen molar-refractivity contribution in [3.05, 3.63) is 53.6 Å². The molecule has 3 nitrogen and oxygen atoms in total. The molecule has 0 fully saturated rings. The third-order valence-electron chi connectivity index (χ3n) is 2.94. The van der Waals surface area contributed by atoms with Crippen molar-refractivity contribution in [2.24, 2.45) is 0 Å². The minimum absolute atomic E-state index is 0.208. The maximum atomic E-state index is 13.8. The molecule has 0 saturated heterocycles. The highest BCUT2D eigenvalue weighted by Crippen LogP contribution is 2.34. The highest BCUT2D eigenvalue weighted by Gasteiger charge is 2.13. The van der Waals surface area contributed by atoms with Crippen LogP contribution in [0.15, 0.2) is 42.7 Å². The van der Waals surface area contributed by atoms with Crippen molar-refractivity contribution in [1.29, 1.82) is 0 Å². The summed E-state index contributed by atoms with van der Waals surface area (Å²) in [7, 11) is 0. The fraction of sp³-hybridized carbons (Fsp3) is 0. The SMILES string of the molecule is Nc1ncnc(-c2ccc(F)c3ccccc23)c1Cl. The first kappa shape index (κ1) is 11.9. The number of hydrogen-bond acceptors (Lipinski definition) is 3. The molecule has 1 aromatic heterocycles. The zero-order valence-corrected chi connectivity index (χ0v) is 10.5. The van der Waals surface area contributed by atoms with Crippen LogP contribution in [0.5, 0.6) is 0 Å². The number of hydrogen-bond donors (Lipinski definition) is 1. The molecule has 19 heavy (non-hydrogen) atoms. The number of rotatable bonds is 1. The normalized spacial score (nSPS) is 10.8. The van der Waals surface area contributed by atoms with Gasteiger partial charge < -0.3 is 5.73 Å². The van der Waals surface area contributed by atoms with Crippen molar-refractivity contribution in [2.75, 3.05) is 5.73 Å². The molecule has 2 aromatic carbocycles. The van der Waals surface area contributed by atoms with E-state index in [0.717, 1.165) is 10.9 Å². The molecule has 1 heterocycles. The quantitative estimate of drug-likeness (QED) is 0.736. The van der Waals surface area contributed by atoms with Crippen LogP contribution in [-0.2, 0) is 0 Å². The van der Waals surface area contributed by atoms with E-state index in [2.05, 4.69) is 9.97 Å². The van der Waals surface area contributed by atoms with Gasteiger partial charge in [-0.3, -0.25) is 0 Å². The molecule has 0 aliphatic carbocycles. The lowest BCUT2D eigenvalue weighted by atomic mass is 10.0. The first-order chi connectivity index (χ1) is 9.18. The Morgan fingerprint density at radius 2 is 1.74 bits per heavy atom. The third-order valence-corrected chi connectivity index (χ3v) is 3.32. The smallest absolute Gasteiger partial charge is 0.146 e. The van der Waals surface area contributed by atoms with Crippen molar-refractivity contribution in [2.45, 2.75) is 0 Å². The lowest BCUT2D eigenvalue weighted by Crippen LogP contribution is -1.96. The Bertz CT molecular complexity index is 774. The van der Waals surface area contributed by atoms with E-state index in [1.165, 1.54) is 12.4 Å². The molecule has 0 aliphatic rings. The predicted octanol–water partition coefficient (Wildman–Crippen LogP) is 3.67. The minimum atomic E-state index is -0.280. The van der Waals surface area contributed by atoms with Crippen molar-refractivity contribution in [3.8, 4) is 11.3 Å². The van der Waals surface area contributed by atoms with Crippen LogP contribution >= 0.6 is 11.6 Å². The van der Waals surface area contributed by atoms with E-state index in [0.29, 0.717) is 11.1 Å². The molecular formula is C14H9ClFN3. The molecule has 94 valence electrons. The maximum absolute atomic E-state index is 13.8. The Kier molecular flexibility index (Phi) is 2.80. The van der Waals surface area contributed by atoms with Gasteiger partial charge in [-0.05, 0) is 17.5 Å². The zero-order chi connectivity index (χ0) is 13.4. The first-order valence-electron chi connectivity index (χ1n) is 5.62. The summed E-state index contributed by atoms with van der Waals surface area (Å²) in [5.41, 5.74) is 6.91. The standard InChI is InChI=1S/C14H9ClFN3/c15-12-13(18-7-19-14(12)17)10-5-6-11(16)9-4-2-1-3-8(9)10/h1-7H,(H2,17,18,19). The van der Waals surface area contributed by atoms with Gasteiger partial charge in [0.05, 0.1) is 5.69 Å². The Morgan fingerprint density at radius 3 is 2.53 bits per heavy atom. The van der Waals surface area contributed by atoms with Gasteiger partial charge in [0.25, 0.3) is 0 Å². The van der Waals surface area contributed by atoms with Gasteiger partial charge in [-0.1, -0.05) is 35.9 Å². The van der Waals surface area contributed by atoms with Crippen LogP contribution in [0.1, 0.15) is 0 Å². The second-order valence-electron chi connectivity index (χ2n) is 4.06. The van der Waals surface area contributed by atoms with Crippen molar-refractivity contribution < 1.29 is 4.39 Å². The van der Waals surface area contributed by atoms with Crippen LogP contribution in [0.4, 0.5) is 10.2 Å². The second kappa shape index (κ2) is 4.48. The van der Waals surface area contributed by atoms with Crippen molar-refractivity contribution in [3.63, 3.8) is 0 Å². The van der Waals surface area contributed by atoms with Crippen LogP contribution in [0, 0.1) is 5.82 Å².